The molecule has 15 heavy (non-hydrogen) atoms. The lowest BCUT2D eigenvalue weighted by Gasteiger charge is -2.05. The third-order valence-electron chi connectivity index (χ3n) is 1.91. The Morgan fingerprint density at radius 1 is 1.47 bits per heavy atom. The Morgan fingerprint density at radius 2 is 2.13 bits per heavy atom. The Bertz CT molecular complexity index is 415. The number of anilines is 2. The molecule has 0 atom stereocenters. The number of aliphatic hydroxyl groups is 1. The Balaban J connectivity index is 3.21. The van der Waals surface area contributed by atoms with E-state index in [1.165, 1.54) is 12.1 Å². The van der Waals surface area contributed by atoms with Crippen LogP contribution in [-0.2, 0) is 6.42 Å². The fourth-order valence-corrected chi connectivity index (χ4v) is 1.22. The second kappa shape index (κ2) is 4.32. The number of nitrogen functional groups attached to an aromatic ring is 2. The van der Waals surface area contributed by atoms with Gasteiger partial charge >= 0.3 is 0 Å². The molecule has 0 radical (unpaired) electrons. The highest BCUT2D eigenvalue weighted by Crippen LogP contribution is 2.28. The van der Waals surface area contributed by atoms with Crippen LogP contribution in [-0.4, -0.2) is 10.0 Å². The molecule has 0 heterocycles. The lowest BCUT2D eigenvalue weighted by molar-refractivity contribution is -0.383. The second-order valence-corrected chi connectivity index (χ2v) is 2.96. The van der Waals surface area contributed by atoms with Gasteiger partial charge in [0.1, 0.15) is 5.69 Å². The number of nitro benzene ring substituents is 1. The van der Waals surface area contributed by atoms with Crippen LogP contribution in [0.5, 0.6) is 0 Å². The minimum atomic E-state index is -0.585. The van der Waals surface area contributed by atoms with Crippen LogP contribution < -0.4 is 11.5 Å². The quantitative estimate of drug-likeness (QED) is 0.301. The molecule has 0 aliphatic heterocycles. The van der Waals surface area contributed by atoms with Gasteiger partial charge in [0.15, 0.2) is 0 Å². The van der Waals surface area contributed by atoms with Crippen molar-refractivity contribution in [2.24, 2.45) is 0 Å². The van der Waals surface area contributed by atoms with Crippen LogP contribution in [0.15, 0.2) is 24.5 Å². The van der Waals surface area contributed by atoms with Gasteiger partial charge in [-0.3, -0.25) is 10.1 Å². The molecule has 0 amide bonds. The summed E-state index contributed by atoms with van der Waals surface area (Å²) in [4.78, 5) is 10.0. The highest BCUT2D eigenvalue weighted by atomic mass is 16.6. The number of allylic oxidation sites excluding steroid dienone is 1. The lowest BCUT2D eigenvalue weighted by atomic mass is 10.1. The van der Waals surface area contributed by atoms with Crippen LogP contribution in [0.25, 0.3) is 0 Å². The number of nitrogens with two attached hydrogens (primary N) is 2. The van der Waals surface area contributed by atoms with Gasteiger partial charge in [-0.2, -0.15) is 0 Å². The molecule has 1 aromatic rings. The normalized spacial score (nSPS) is 10.7. The number of aliphatic hydroxyl groups excluding tert-OH is 1. The summed E-state index contributed by atoms with van der Waals surface area (Å²) < 4.78 is 0. The molecular weight excluding hydrogens is 198 g/mol. The average molecular weight is 209 g/mol. The first-order valence-corrected chi connectivity index (χ1v) is 4.17. The molecule has 0 bridgehead atoms. The van der Waals surface area contributed by atoms with Crippen molar-refractivity contribution < 1.29 is 10.0 Å². The van der Waals surface area contributed by atoms with Crippen LogP contribution >= 0.6 is 0 Å². The van der Waals surface area contributed by atoms with Crippen molar-refractivity contribution in [1.82, 2.24) is 0 Å². The monoisotopic (exact) mass is 209 g/mol. The Morgan fingerprint density at radius 3 is 2.67 bits per heavy atom. The summed E-state index contributed by atoms with van der Waals surface area (Å²) in [6, 6.07) is 2.75. The van der Waals surface area contributed by atoms with Crippen LogP contribution in [0.1, 0.15) is 5.56 Å². The zero-order valence-corrected chi connectivity index (χ0v) is 7.88. The van der Waals surface area contributed by atoms with Gasteiger partial charge in [0.2, 0.25) is 0 Å². The predicted octanol–water partition coefficient (Wildman–Crippen LogP) is 1.37. The molecule has 0 fully saturated rings. The maximum Gasteiger partial charge on any atom is 0.294 e. The van der Waals surface area contributed by atoms with Crippen molar-refractivity contribution in [2.75, 3.05) is 11.5 Å². The highest BCUT2D eigenvalue weighted by Gasteiger charge is 2.15. The van der Waals surface area contributed by atoms with E-state index in [0.717, 1.165) is 6.26 Å². The molecule has 0 saturated heterocycles. The SMILES string of the molecule is Nc1cc(CC=CO)c(N)c([N+](=O)[O-])c1. The van der Waals surface area contributed by atoms with Gasteiger partial charge < -0.3 is 16.6 Å². The molecule has 6 nitrogen and oxygen atoms in total. The van der Waals surface area contributed by atoms with Gasteiger partial charge in [-0.05, 0) is 24.1 Å². The molecule has 0 saturated carbocycles. The van der Waals surface area contributed by atoms with E-state index in [-0.39, 0.29) is 17.1 Å². The van der Waals surface area contributed by atoms with Crippen molar-refractivity contribution in [2.45, 2.75) is 6.42 Å². The van der Waals surface area contributed by atoms with Crippen molar-refractivity contribution in [3.63, 3.8) is 0 Å². The lowest BCUT2D eigenvalue weighted by Crippen LogP contribution is -2.02. The van der Waals surface area contributed by atoms with Gasteiger partial charge in [-0.1, -0.05) is 0 Å². The molecule has 80 valence electrons. The molecule has 0 aromatic heterocycles. The Kier molecular flexibility index (Phi) is 3.12. The summed E-state index contributed by atoms with van der Waals surface area (Å²) in [6.07, 6.45) is 2.58. The van der Waals surface area contributed by atoms with E-state index in [9.17, 15) is 10.1 Å². The average Bonchev–Trinajstić information content (AvgIpc) is 2.18. The van der Waals surface area contributed by atoms with Crippen LogP contribution in [0.2, 0.25) is 0 Å². The van der Waals surface area contributed by atoms with Gasteiger partial charge in [0.25, 0.3) is 5.69 Å². The van der Waals surface area contributed by atoms with Crippen molar-refractivity contribution in [3.05, 3.63) is 40.1 Å². The fourth-order valence-electron chi connectivity index (χ4n) is 1.22. The molecule has 0 aliphatic rings. The number of rotatable bonds is 3. The van der Waals surface area contributed by atoms with Crippen molar-refractivity contribution in [3.8, 4) is 0 Å². The van der Waals surface area contributed by atoms with Gasteiger partial charge in [-0.25, -0.2) is 0 Å². The van der Waals surface area contributed by atoms with Crippen LogP contribution in [0, 0.1) is 10.1 Å². The zero-order chi connectivity index (χ0) is 11.4. The maximum atomic E-state index is 10.6. The summed E-state index contributed by atoms with van der Waals surface area (Å²) in [5, 5.41) is 19.1. The molecule has 0 unspecified atom stereocenters. The van der Waals surface area contributed by atoms with E-state index in [1.807, 2.05) is 0 Å². The molecule has 0 spiro atoms. The molecular formula is C9H11N3O3. The molecule has 6 heteroatoms. The second-order valence-electron chi connectivity index (χ2n) is 2.96. The number of nitro groups is 1. The highest BCUT2D eigenvalue weighted by molar-refractivity contribution is 5.69. The van der Waals surface area contributed by atoms with E-state index in [2.05, 4.69) is 0 Å². The predicted molar refractivity (Wildman–Crippen MR) is 57.4 cm³/mol. The summed E-state index contributed by atoms with van der Waals surface area (Å²) >= 11 is 0. The van der Waals surface area contributed by atoms with Crippen molar-refractivity contribution >= 4 is 17.1 Å². The minimum absolute atomic E-state index is 0.0762. The first-order valence-electron chi connectivity index (χ1n) is 4.17. The van der Waals surface area contributed by atoms with E-state index >= 15 is 0 Å². The number of nitrogens with zero attached hydrogens (tertiary/aromatic N) is 1. The maximum absolute atomic E-state index is 10.6. The third-order valence-corrected chi connectivity index (χ3v) is 1.91. The summed E-state index contributed by atoms with van der Waals surface area (Å²) in [5.74, 6) is 0. The zero-order valence-electron chi connectivity index (χ0n) is 7.88. The summed E-state index contributed by atoms with van der Waals surface area (Å²) in [5.41, 5.74) is 11.7. The number of benzene rings is 1. The standard InChI is InChI=1S/C9H11N3O3/c10-7-4-6(2-1-3-13)9(11)8(5-7)12(14)15/h1,3-5,13H,2,10-11H2. The van der Waals surface area contributed by atoms with Gasteiger partial charge in [0.05, 0.1) is 11.2 Å². The minimum Gasteiger partial charge on any atom is -0.516 e. The summed E-state index contributed by atoms with van der Waals surface area (Å²) in [7, 11) is 0. The van der Waals surface area contributed by atoms with Crippen molar-refractivity contribution in [1.29, 1.82) is 0 Å². The fraction of sp³-hybridized carbons (Fsp3) is 0.111. The first-order chi connectivity index (χ1) is 7.06. The molecule has 0 aliphatic carbocycles. The topological polar surface area (TPSA) is 115 Å². The van der Waals surface area contributed by atoms with Gasteiger partial charge in [0, 0.05) is 11.8 Å². The largest absolute Gasteiger partial charge is 0.516 e. The Hall–Kier alpha value is -2.24. The molecule has 1 aromatic carbocycles. The van der Waals surface area contributed by atoms with Crippen LogP contribution in [0.4, 0.5) is 17.1 Å². The summed E-state index contributed by atoms with van der Waals surface area (Å²) in [6.45, 7) is 0. The Labute approximate surface area is 86.0 Å². The first kappa shape index (κ1) is 10.8. The van der Waals surface area contributed by atoms with E-state index in [1.54, 1.807) is 6.07 Å². The van der Waals surface area contributed by atoms with E-state index < -0.39 is 4.92 Å². The molecule has 5 N–H and O–H groups in total. The van der Waals surface area contributed by atoms with E-state index in [4.69, 9.17) is 16.6 Å². The van der Waals surface area contributed by atoms with E-state index in [0.29, 0.717) is 12.0 Å². The molecule has 1 rings (SSSR count). The van der Waals surface area contributed by atoms with Crippen LogP contribution in [0.3, 0.4) is 0 Å². The van der Waals surface area contributed by atoms with Gasteiger partial charge in [-0.15, -0.1) is 0 Å². The number of hydrogen-bond acceptors (Lipinski definition) is 5. The number of hydrogen-bond donors (Lipinski definition) is 3. The third kappa shape index (κ3) is 2.37. The smallest absolute Gasteiger partial charge is 0.294 e.